The van der Waals surface area contributed by atoms with Crippen LogP contribution >= 0.6 is 0 Å². The predicted octanol–water partition coefficient (Wildman–Crippen LogP) is 1.57. The van der Waals surface area contributed by atoms with Crippen LogP contribution in [-0.2, 0) is 9.53 Å². The van der Waals surface area contributed by atoms with E-state index in [1.165, 1.54) is 25.3 Å². The van der Waals surface area contributed by atoms with Crippen molar-refractivity contribution in [2.75, 3.05) is 13.7 Å². The molecule has 0 aromatic carbocycles. The minimum Gasteiger partial charge on any atom is -0.481 e. The van der Waals surface area contributed by atoms with E-state index in [0.717, 1.165) is 6.08 Å². The van der Waals surface area contributed by atoms with Crippen molar-refractivity contribution in [2.45, 2.75) is 6.92 Å². The third-order valence-electron chi connectivity index (χ3n) is 1.95. The summed E-state index contributed by atoms with van der Waals surface area (Å²) in [7, 11) is 1.40. The molecule has 0 saturated carbocycles. The molecule has 0 fully saturated rings. The normalized spacial score (nSPS) is 10.3. The first kappa shape index (κ1) is 13.6. The Morgan fingerprint density at radius 1 is 1.56 bits per heavy atom. The number of rotatable bonds is 5. The minimum atomic E-state index is -0.587. The highest BCUT2D eigenvalue weighted by molar-refractivity contribution is 5.87. The fourth-order valence-electron chi connectivity index (χ4n) is 1.18. The maximum atomic E-state index is 11.1. The van der Waals surface area contributed by atoms with Crippen molar-refractivity contribution in [3.8, 4) is 5.88 Å². The Morgan fingerprint density at radius 3 is 2.83 bits per heavy atom. The van der Waals surface area contributed by atoms with Gasteiger partial charge in [-0.15, -0.1) is 0 Å². The summed E-state index contributed by atoms with van der Waals surface area (Å²) in [6.45, 7) is 1.90. The van der Waals surface area contributed by atoms with E-state index in [-0.39, 0.29) is 23.9 Å². The number of aromatic nitrogens is 1. The fourth-order valence-corrected chi connectivity index (χ4v) is 1.18. The van der Waals surface area contributed by atoms with Crippen LogP contribution in [0.2, 0.25) is 0 Å². The van der Waals surface area contributed by atoms with Crippen molar-refractivity contribution in [2.24, 2.45) is 0 Å². The lowest BCUT2D eigenvalue weighted by molar-refractivity contribution is -0.385. The molecule has 0 radical (unpaired) electrons. The van der Waals surface area contributed by atoms with Gasteiger partial charge in [-0.25, -0.2) is 9.78 Å². The lowest BCUT2D eigenvalue weighted by atomic mass is 10.2. The Hall–Kier alpha value is -2.44. The standard InChI is InChI=1S/C11H12N2O5/c1-3-18-11(14)7-4-8-9(13(15)16)5-6-10(12-8)17-2/h4-7H,3H2,1-2H3/b7-4-. The molecule has 7 heteroatoms. The van der Waals surface area contributed by atoms with Gasteiger partial charge in [-0.3, -0.25) is 10.1 Å². The summed E-state index contributed by atoms with van der Waals surface area (Å²) in [4.78, 5) is 25.2. The van der Waals surface area contributed by atoms with E-state index in [0.29, 0.717) is 0 Å². The first-order valence-corrected chi connectivity index (χ1v) is 5.12. The van der Waals surface area contributed by atoms with Gasteiger partial charge >= 0.3 is 5.97 Å². The average molecular weight is 252 g/mol. The molecule has 7 nitrogen and oxygen atoms in total. The first-order valence-electron chi connectivity index (χ1n) is 5.12. The molecule has 0 aliphatic carbocycles. The highest BCUT2D eigenvalue weighted by Crippen LogP contribution is 2.21. The topological polar surface area (TPSA) is 91.6 Å². The summed E-state index contributed by atoms with van der Waals surface area (Å²) in [6.07, 6.45) is 2.30. The highest BCUT2D eigenvalue weighted by atomic mass is 16.6. The lowest BCUT2D eigenvalue weighted by Gasteiger charge is -2.01. The Bertz CT molecular complexity index is 484. The van der Waals surface area contributed by atoms with E-state index in [4.69, 9.17) is 4.74 Å². The van der Waals surface area contributed by atoms with E-state index in [1.807, 2.05) is 0 Å². The van der Waals surface area contributed by atoms with Crippen LogP contribution in [0.3, 0.4) is 0 Å². The monoisotopic (exact) mass is 252 g/mol. The average Bonchev–Trinajstić information content (AvgIpc) is 2.36. The number of carbonyl (C=O) groups excluding carboxylic acids is 1. The lowest BCUT2D eigenvalue weighted by Crippen LogP contribution is -2.00. The molecule has 0 spiro atoms. The Balaban J connectivity index is 3.04. The quantitative estimate of drug-likeness (QED) is 0.342. The van der Waals surface area contributed by atoms with E-state index >= 15 is 0 Å². The number of ether oxygens (including phenoxy) is 2. The van der Waals surface area contributed by atoms with Gasteiger partial charge in [0, 0.05) is 18.2 Å². The van der Waals surface area contributed by atoms with Gasteiger partial charge in [0.25, 0.3) is 5.69 Å². The van der Waals surface area contributed by atoms with Crippen LogP contribution in [0, 0.1) is 10.1 Å². The van der Waals surface area contributed by atoms with Gasteiger partial charge in [-0.2, -0.15) is 0 Å². The van der Waals surface area contributed by atoms with Gasteiger partial charge in [0.15, 0.2) is 0 Å². The molecule has 0 aliphatic rings. The van der Waals surface area contributed by atoms with Crippen molar-refractivity contribution >= 4 is 17.7 Å². The molecular formula is C11H12N2O5. The smallest absolute Gasteiger partial charge is 0.330 e. The number of hydrogen-bond acceptors (Lipinski definition) is 6. The van der Waals surface area contributed by atoms with E-state index in [9.17, 15) is 14.9 Å². The van der Waals surface area contributed by atoms with Crippen LogP contribution in [0.5, 0.6) is 5.88 Å². The van der Waals surface area contributed by atoms with Crippen molar-refractivity contribution in [3.05, 3.63) is 34.0 Å². The largest absolute Gasteiger partial charge is 0.481 e. The van der Waals surface area contributed by atoms with Crippen LogP contribution in [0.4, 0.5) is 5.69 Å². The molecule has 18 heavy (non-hydrogen) atoms. The van der Waals surface area contributed by atoms with Gasteiger partial charge in [-0.05, 0) is 13.0 Å². The molecule has 1 aromatic heterocycles. The molecular weight excluding hydrogens is 240 g/mol. The van der Waals surface area contributed by atoms with Crippen LogP contribution in [0.15, 0.2) is 18.2 Å². The molecule has 0 bridgehead atoms. The zero-order chi connectivity index (χ0) is 13.5. The third kappa shape index (κ3) is 3.55. The van der Waals surface area contributed by atoms with Crippen LogP contribution in [0.25, 0.3) is 6.08 Å². The van der Waals surface area contributed by atoms with Gasteiger partial charge in [0.05, 0.1) is 18.6 Å². The summed E-state index contributed by atoms with van der Waals surface area (Å²) in [5.41, 5.74) is -0.177. The fraction of sp³-hybridized carbons (Fsp3) is 0.273. The number of esters is 1. The number of nitro groups is 1. The molecule has 96 valence electrons. The molecule has 0 saturated heterocycles. The molecule has 0 unspecified atom stereocenters. The van der Waals surface area contributed by atoms with E-state index in [2.05, 4.69) is 9.72 Å². The second-order valence-electron chi connectivity index (χ2n) is 3.10. The SMILES string of the molecule is CCOC(=O)/C=C\c1nc(OC)ccc1[N+](=O)[O-]. The van der Waals surface area contributed by atoms with Crippen LogP contribution < -0.4 is 4.74 Å². The Labute approximate surface area is 103 Å². The van der Waals surface area contributed by atoms with E-state index in [1.54, 1.807) is 6.92 Å². The van der Waals surface area contributed by atoms with Gasteiger partial charge < -0.3 is 9.47 Å². The van der Waals surface area contributed by atoms with E-state index < -0.39 is 10.9 Å². The maximum Gasteiger partial charge on any atom is 0.330 e. The Morgan fingerprint density at radius 2 is 2.28 bits per heavy atom. The molecule has 1 aromatic rings. The number of nitrogens with zero attached hydrogens (tertiary/aromatic N) is 2. The maximum absolute atomic E-state index is 11.1. The first-order chi connectivity index (χ1) is 8.58. The van der Waals surface area contributed by atoms with Crippen LogP contribution in [-0.4, -0.2) is 29.6 Å². The second kappa shape index (κ2) is 6.33. The minimum absolute atomic E-state index is 0.0346. The zero-order valence-electron chi connectivity index (χ0n) is 9.95. The van der Waals surface area contributed by atoms with Gasteiger partial charge in [0.1, 0.15) is 5.69 Å². The summed E-state index contributed by atoms with van der Waals surface area (Å²) >= 11 is 0. The predicted molar refractivity (Wildman–Crippen MR) is 63.1 cm³/mol. The number of pyridine rings is 1. The molecule has 1 rings (SSSR count). The van der Waals surface area contributed by atoms with Crippen LogP contribution in [0.1, 0.15) is 12.6 Å². The number of carbonyl (C=O) groups is 1. The molecule has 0 atom stereocenters. The number of methoxy groups -OCH3 is 1. The third-order valence-corrected chi connectivity index (χ3v) is 1.95. The zero-order valence-corrected chi connectivity index (χ0v) is 9.95. The molecule has 1 heterocycles. The summed E-state index contributed by atoms with van der Waals surface area (Å²) in [6, 6.07) is 2.64. The van der Waals surface area contributed by atoms with Crippen molar-refractivity contribution in [3.63, 3.8) is 0 Å². The Kier molecular flexibility index (Phi) is 4.79. The molecule has 0 aliphatic heterocycles. The van der Waals surface area contributed by atoms with Crippen molar-refractivity contribution in [1.82, 2.24) is 4.98 Å². The van der Waals surface area contributed by atoms with Crippen molar-refractivity contribution in [1.29, 1.82) is 0 Å². The summed E-state index contributed by atoms with van der Waals surface area (Å²) < 4.78 is 9.53. The molecule has 0 N–H and O–H groups in total. The summed E-state index contributed by atoms with van der Waals surface area (Å²) in [5.74, 6) is -0.361. The van der Waals surface area contributed by atoms with Gasteiger partial charge in [0.2, 0.25) is 5.88 Å². The van der Waals surface area contributed by atoms with Gasteiger partial charge in [-0.1, -0.05) is 0 Å². The summed E-state index contributed by atoms with van der Waals surface area (Å²) in [5, 5.41) is 10.8. The second-order valence-corrected chi connectivity index (χ2v) is 3.10. The van der Waals surface area contributed by atoms with Crippen molar-refractivity contribution < 1.29 is 19.2 Å². The highest BCUT2D eigenvalue weighted by Gasteiger charge is 2.14. The molecule has 0 amide bonds. The number of hydrogen-bond donors (Lipinski definition) is 0.